The lowest BCUT2D eigenvalue weighted by Crippen LogP contribution is -2.33. The summed E-state index contributed by atoms with van der Waals surface area (Å²) in [5, 5.41) is 0. The first-order valence-corrected chi connectivity index (χ1v) is 5.97. The maximum absolute atomic E-state index is 5.94. The van der Waals surface area contributed by atoms with E-state index in [0.717, 1.165) is 30.2 Å². The standard InChI is InChI=1S/C10H15N3S/c1-8-6-9(11)10(12-7-8)13-2-4-14-5-3-13/h6-7H,2-5,11H2,1H3. The van der Waals surface area contributed by atoms with E-state index in [1.807, 2.05) is 30.9 Å². The van der Waals surface area contributed by atoms with Crippen molar-refractivity contribution in [2.24, 2.45) is 0 Å². The Morgan fingerprint density at radius 3 is 2.79 bits per heavy atom. The summed E-state index contributed by atoms with van der Waals surface area (Å²) in [5.41, 5.74) is 7.87. The number of aromatic nitrogens is 1. The van der Waals surface area contributed by atoms with Crippen LogP contribution >= 0.6 is 11.8 Å². The molecule has 0 unspecified atom stereocenters. The monoisotopic (exact) mass is 209 g/mol. The zero-order valence-corrected chi connectivity index (χ0v) is 9.18. The molecule has 1 fully saturated rings. The molecule has 1 aliphatic heterocycles. The number of hydrogen-bond donors (Lipinski definition) is 1. The van der Waals surface area contributed by atoms with Gasteiger partial charge in [0.05, 0.1) is 5.69 Å². The van der Waals surface area contributed by atoms with Crippen molar-refractivity contribution in [2.45, 2.75) is 6.92 Å². The summed E-state index contributed by atoms with van der Waals surface area (Å²) in [6, 6.07) is 1.99. The number of pyridine rings is 1. The van der Waals surface area contributed by atoms with Crippen LogP contribution in [-0.2, 0) is 0 Å². The van der Waals surface area contributed by atoms with Crippen molar-refractivity contribution >= 4 is 23.3 Å². The van der Waals surface area contributed by atoms with Gasteiger partial charge < -0.3 is 10.6 Å². The molecule has 0 saturated carbocycles. The summed E-state index contributed by atoms with van der Waals surface area (Å²) in [6.07, 6.45) is 1.88. The van der Waals surface area contributed by atoms with Crippen LogP contribution in [0.25, 0.3) is 0 Å². The number of hydrogen-bond acceptors (Lipinski definition) is 4. The van der Waals surface area contributed by atoms with Gasteiger partial charge in [-0.25, -0.2) is 4.98 Å². The average Bonchev–Trinajstić information content (AvgIpc) is 2.19. The Hall–Kier alpha value is -0.900. The fourth-order valence-corrected chi connectivity index (χ4v) is 2.53. The fraction of sp³-hybridized carbons (Fsp3) is 0.500. The molecule has 1 saturated heterocycles. The van der Waals surface area contributed by atoms with Gasteiger partial charge >= 0.3 is 0 Å². The second kappa shape index (κ2) is 4.09. The van der Waals surface area contributed by atoms with Gasteiger partial charge in [-0.1, -0.05) is 0 Å². The Morgan fingerprint density at radius 2 is 2.14 bits per heavy atom. The first kappa shape index (κ1) is 9.65. The van der Waals surface area contributed by atoms with E-state index in [0.29, 0.717) is 0 Å². The van der Waals surface area contributed by atoms with Gasteiger partial charge in [-0.3, -0.25) is 0 Å². The molecular weight excluding hydrogens is 194 g/mol. The zero-order chi connectivity index (χ0) is 9.97. The molecule has 3 nitrogen and oxygen atoms in total. The number of thioether (sulfide) groups is 1. The number of nitrogens with two attached hydrogens (primary N) is 1. The summed E-state index contributed by atoms with van der Waals surface area (Å²) in [5.74, 6) is 3.31. The third kappa shape index (κ3) is 1.95. The molecule has 0 aliphatic carbocycles. The largest absolute Gasteiger partial charge is 0.396 e. The summed E-state index contributed by atoms with van der Waals surface area (Å²) in [4.78, 5) is 6.66. The van der Waals surface area contributed by atoms with Gasteiger partial charge in [0.15, 0.2) is 5.82 Å². The topological polar surface area (TPSA) is 42.2 Å². The molecule has 1 aliphatic rings. The van der Waals surface area contributed by atoms with Crippen LogP contribution in [0.5, 0.6) is 0 Å². The van der Waals surface area contributed by atoms with E-state index in [1.54, 1.807) is 0 Å². The van der Waals surface area contributed by atoms with Crippen LogP contribution in [0.1, 0.15) is 5.56 Å². The van der Waals surface area contributed by atoms with E-state index in [4.69, 9.17) is 5.73 Å². The highest BCUT2D eigenvalue weighted by Gasteiger charge is 2.14. The van der Waals surface area contributed by atoms with Crippen LogP contribution in [0.15, 0.2) is 12.3 Å². The van der Waals surface area contributed by atoms with Crippen molar-refractivity contribution in [3.05, 3.63) is 17.8 Å². The summed E-state index contributed by atoms with van der Waals surface area (Å²) in [6.45, 7) is 4.13. The third-order valence-corrected chi connectivity index (χ3v) is 3.28. The van der Waals surface area contributed by atoms with Gasteiger partial charge in [-0.15, -0.1) is 0 Å². The van der Waals surface area contributed by atoms with Crippen LogP contribution in [0.4, 0.5) is 11.5 Å². The van der Waals surface area contributed by atoms with E-state index in [1.165, 1.54) is 11.5 Å². The Balaban J connectivity index is 2.22. The predicted molar refractivity (Wildman–Crippen MR) is 62.9 cm³/mol. The summed E-state index contributed by atoms with van der Waals surface area (Å²) < 4.78 is 0. The molecule has 76 valence electrons. The average molecular weight is 209 g/mol. The Bertz CT molecular complexity index is 321. The molecule has 0 aromatic carbocycles. The molecule has 1 aromatic rings. The lowest BCUT2D eigenvalue weighted by molar-refractivity contribution is 0.840. The number of rotatable bonds is 1. The third-order valence-electron chi connectivity index (χ3n) is 2.34. The van der Waals surface area contributed by atoms with E-state index in [2.05, 4.69) is 9.88 Å². The van der Waals surface area contributed by atoms with Gasteiger partial charge in [0.2, 0.25) is 0 Å². The smallest absolute Gasteiger partial charge is 0.151 e. The lowest BCUT2D eigenvalue weighted by atomic mass is 10.2. The Kier molecular flexibility index (Phi) is 2.82. The minimum atomic E-state index is 0.803. The maximum Gasteiger partial charge on any atom is 0.151 e. The second-order valence-electron chi connectivity index (χ2n) is 3.52. The van der Waals surface area contributed by atoms with Gasteiger partial charge in [0.1, 0.15) is 0 Å². The number of aryl methyl sites for hydroxylation is 1. The van der Waals surface area contributed by atoms with Gasteiger partial charge in [0, 0.05) is 30.8 Å². The van der Waals surface area contributed by atoms with Crippen LogP contribution in [-0.4, -0.2) is 29.6 Å². The van der Waals surface area contributed by atoms with Crippen molar-refractivity contribution < 1.29 is 0 Å². The minimum absolute atomic E-state index is 0.803. The van der Waals surface area contributed by atoms with E-state index < -0.39 is 0 Å². The molecule has 0 amide bonds. The van der Waals surface area contributed by atoms with Crippen molar-refractivity contribution in [2.75, 3.05) is 35.2 Å². The Labute approximate surface area is 88.7 Å². The molecule has 2 rings (SSSR count). The van der Waals surface area contributed by atoms with Crippen LogP contribution in [0.2, 0.25) is 0 Å². The first-order chi connectivity index (χ1) is 6.77. The molecule has 2 N–H and O–H groups in total. The number of nitrogen functional groups attached to an aromatic ring is 1. The SMILES string of the molecule is Cc1cnc(N2CCSCC2)c(N)c1. The first-order valence-electron chi connectivity index (χ1n) is 4.82. The van der Waals surface area contributed by atoms with E-state index >= 15 is 0 Å². The molecule has 1 aromatic heterocycles. The Morgan fingerprint density at radius 1 is 1.43 bits per heavy atom. The van der Waals surface area contributed by atoms with Crippen molar-refractivity contribution in [3.63, 3.8) is 0 Å². The lowest BCUT2D eigenvalue weighted by Gasteiger charge is -2.28. The number of nitrogens with zero attached hydrogens (tertiary/aromatic N) is 2. The maximum atomic E-state index is 5.94. The predicted octanol–water partition coefficient (Wildman–Crippen LogP) is 1.53. The van der Waals surface area contributed by atoms with Gasteiger partial charge in [-0.05, 0) is 18.6 Å². The summed E-state index contributed by atoms with van der Waals surface area (Å²) in [7, 11) is 0. The highest BCUT2D eigenvalue weighted by atomic mass is 32.2. The zero-order valence-electron chi connectivity index (χ0n) is 8.36. The normalized spacial score (nSPS) is 17.1. The highest BCUT2D eigenvalue weighted by Crippen LogP contribution is 2.23. The van der Waals surface area contributed by atoms with Gasteiger partial charge in [0.25, 0.3) is 0 Å². The highest BCUT2D eigenvalue weighted by molar-refractivity contribution is 7.99. The van der Waals surface area contributed by atoms with Gasteiger partial charge in [-0.2, -0.15) is 11.8 Å². The number of anilines is 2. The van der Waals surface area contributed by atoms with Crippen molar-refractivity contribution in [1.82, 2.24) is 4.98 Å². The van der Waals surface area contributed by atoms with Crippen LogP contribution in [0, 0.1) is 6.92 Å². The fourth-order valence-electron chi connectivity index (χ4n) is 1.62. The van der Waals surface area contributed by atoms with Crippen LogP contribution < -0.4 is 10.6 Å². The summed E-state index contributed by atoms with van der Waals surface area (Å²) >= 11 is 1.99. The molecule has 0 bridgehead atoms. The van der Waals surface area contributed by atoms with Crippen molar-refractivity contribution in [3.8, 4) is 0 Å². The molecular formula is C10H15N3S. The van der Waals surface area contributed by atoms with Crippen molar-refractivity contribution in [1.29, 1.82) is 0 Å². The second-order valence-corrected chi connectivity index (χ2v) is 4.75. The molecule has 14 heavy (non-hydrogen) atoms. The minimum Gasteiger partial charge on any atom is -0.396 e. The molecule has 2 heterocycles. The van der Waals surface area contributed by atoms with Crippen LogP contribution in [0.3, 0.4) is 0 Å². The quantitative estimate of drug-likeness (QED) is 0.761. The molecule has 4 heteroatoms. The van der Waals surface area contributed by atoms with E-state index in [9.17, 15) is 0 Å². The molecule has 0 atom stereocenters. The molecule has 0 spiro atoms. The van der Waals surface area contributed by atoms with E-state index in [-0.39, 0.29) is 0 Å². The molecule has 0 radical (unpaired) electrons.